The molecule has 0 aliphatic carbocycles. The molecule has 0 bridgehead atoms. The number of carbonyl (C=O) groups excluding carboxylic acids is 2. The number of hydroxylamine groups is 2. The molecule has 0 spiro atoms. The monoisotopic (exact) mass is 369 g/mol. The topological polar surface area (TPSA) is 72.0 Å². The average Bonchev–Trinajstić information content (AvgIpc) is 2.54. The summed E-state index contributed by atoms with van der Waals surface area (Å²) in [5, 5.41) is 1.92. The Morgan fingerprint density at radius 1 is 1.28 bits per heavy atom. The summed E-state index contributed by atoms with van der Waals surface area (Å²) in [6, 6.07) is 3.10. The van der Waals surface area contributed by atoms with Gasteiger partial charge in [-0.05, 0) is 39.8 Å². The maximum atomic E-state index is 12.1. The van der Waals surface area contributed by atoms with Gasteiger partial charge < -0.3 is 14.5 Å². The molecule has 1 aromatic rings. The molecule has 1 saturated heterocycles. The summed E-state index contributed by atoms with van der Waals surface area (Å²) in [6.45, 7) is 9.14. The minimum absolute atomic E-state index is 0.0255. The Labute approximate surface area is 152 Å². The molecular weight excluding hydrogens is 346 g/mol. The normalized spacial score (nSPS) is 18.8. The van der Waals surface area contributed by atoms with Crippen LogP contribution in [0.25, 0.3) is 0 Å². The van der Waals surface area contributed by atoms with Gasteiger partial charge in [0.15, 0.2) is 0 Å². The SMILES string of the molecule is COC(=O)c1cc(Cl)nc(N2CCN(OC(=O)C(C)(C)C)[C@H](C)C2)c1. The molecule has 138 valence electrons. The van der Waals surface area contributed by atoms with E-state index in [1.807, 2.05) is 32.6 Å². The zero-order valence-electron chi connectivity index (χ0n) is 15.2. The van der Waals surface area contributed by atoms with Gasteiger partial charge in [-0.15, -0.1) is 5.06 Å². The summed E-state index contributed by atoms with van der Waals surface area (Å²) in [5.41, 5.74) is -0.201. The number of rotatable bonds is 3. The Balaban J connectivity index is 2.09. The number of piperazine rings is 1. The van der Waals surface area contributed by atoms with Crippen molar-refractivity contribution in [1.29, 1.82) is 0 Å². The number of hydrogen-bond acceptors (Lipinski definition) is 7. The van der Waals surface area contributed by atoms with E-state index in [0.29, 0.717) is 31.0 Å². The molecule has 0 unspecified atom stereocenters. The fourth-order valence-electron chi connectivity index (χ4n) is 2.41. The maximum absolute atomic E-state index is 12.1. The van der Waals surface area contributed by atoms with E-state index >= 15 is 0 Å². The quantitative estimate of drug-likeness (QED) is 0.598. The zero-order valence-corrected chi connectivity index (χ0v) is 16.0. The number of halogens is 1. The first-order valence-electron chi connectivity index (χ1n) is 8.11. The number of nitrogens with zero attached hydrogens (tertiary/aromatic N) is 3. The first-order chi connectivity index (χ1) is 11.6. The molecule has 0 saturated carbocycles. The van der Waals surface area contributed by atoms with Gasteiger partial charge in [0.25, 0.3) is 0 Å². The van der Waals surface area contributed by atoms with Gasteiger partial charge in [-0.3, -0.25) is 0 Å². The van der Waals surface area contributed by atoms with E-state index in [1.54, 1.807) is 11.1 Å². The van der Waals surface area contributed by atoms with Crippen LogP contribution >= 0.6 is 11.6 Å². The standard InChI is InChI=1S/C17H24ClN3O4/c1-11-10-20(6-7-21(11)25-16(23)17(2,3)4)14-9-12(15(22)24-5)8-13(18)19-14/h8-9,11H,6-7,10H2,1-5H3/t11-/m1/s1. The van der Waals surface area contributed by atoms with E-state index in [1.165, 1.54) is 13.2 Å². The van der Waals surface area contributed by atoms with Gasteiger partial charge in [-0.2, -0.15) is 0 Å². The van der Waals surface area contributed by atoms with Crippen molar-refractivity contribution in [1.82, 2.24) is 10.0 Å². The van der Waals surface area contributed by atoms with Crippen LogP contribution in [0.4, 0.5) is 5.82 Å². The highest BCUT2D eigenvalue weighted by Gasteiger charge is 2.32. The third-order valence-electron chi connectivity index (χ3n) is 3.90. The summed E-state index contributed by atoms with van der Waals surface area (Å²) in [5.74, 6) is -0.125. The third kappa shape index (κ3) is 4.83. The Hall–Kier alpha value is -1.86. The first-order valence-corrected chi connectivity index (χ1v) is 8.49. The number of methoxy groups -OCH3 is 1. The second-order valence-corrected chi connectivity index (χ2v) is 7.48. The van der Waals surface area contributed by atoms with Gasteiger partial charge in [0.05, 0.1) is 30.7 Å². The molecule has 0 aromatic carbocycles. The molecule has 0 amide bonds. The summed E-state index contributed by atoms with van der Waals surface area (Å²) < 4.78 is 4.74. The number of aromatic nitrogens is 1. The van der Waals surface area contributed by atoms with E-state index < -0.39 is 11.4 Å². The first kappa shape index (κ1) is 19.5. The summed E-state index contributed by atoms with van der Waals surface area (Å²) in [7, 11) is 1.32. The molecule has 2 rings (SSSR count). The molecule has 2 heterocycles. The van der Waals surface area contributed by atoms with Crippen LogP contribution < -0.4 is 4.90 Å². The molecule has 1 atom stereocenters. The fraction of sp³-hybridized carbons (Fsp3) is 0.588. The smallest absolute Gasteiger partial charge is 0.338 e. The minimum Gasteiger partial charge on any atom is -0.465 e. The fourth-order valence-corrected chi connectivity index (χ4v) is 2.61. The van der Waals surface area contributed by atoms with Crippen molar-refractivity contribution in [2.45, 2.75) is 33.7 Å². The van der Waals surface area contributed by atoms with Crippen molar-refractivity contribution < 1.29 is 19.2 Å². The van der Waals surface area contributed by atoms with E-state index in [2.05, 4.69) is 4.98 Å². The van der Waals surface area contributed by atoms with Crippen LogP contribution in [0.5, 0.6) is 0 Å². The Morgan fingerprint density at radius 3 is 2.52 bits per heavy atom. The lowest BCUT2D eigenvalue weighted by Crippen LogP contribution is -2.53. The van der Waals surface area contributed by atoms with Crippen molar-refractivity contribution in [3.63, 3.8) is 0 Å². The predicted molar refractivity (Wildman–Crippen MR) is 94.5 cm³/mol. The van der Waals surface area contributed by atoms with Crippen LogP contribution in [0.15, 0.2) is 12.1 Å². The lowest BCUT2D eigenvalue weighted by molar-refractivity contribution is -0.211. The van der Waals surface area contributed by atoms with Gasteiger partial charge in [0, 0.05) is 13.1 Å². The predicted octanol–water partition coefficient (Wildman–Crippen LogP) is 2.54. The molecule has 0 radical (unpaired) electrons. The number of esters is 1. The van der Waals surface area contributed by atoms with Crippen molar-refractivity contribution in [2.75, 3.05) is 31.6 Å². The number of hydrogen-bond donors (Lipinski definition) is 0. The van der Waals surface area contributed by atoms with Crippen LogP contribution in [0.2, 0.25) is 5.15 Å². The minimum atomic E-state index is -0.555. The maximum Gasteiger partial charge on any atom is 0.338 e. The van der Waals surface area contributed by atoms with Crippen LogP contribution in [-0.2, 0) is 14.4 Å². The van der Waals surface area contributed by atoms with Crippen LogP contribution in [0, 0.1) is 5.41 Å². The van der Waals surface area contributed by atoms with Gasteiger partial charge in [0.1, 0.15) is 11.0 Å². The van der Waals surface area contributed by atoms with E-state index in [-0.39, 0.29) is 17.2 Å². The molecular formula is C17H24ClN3O4. The molecule has 0 N–H and O–H groups in total. The zero-order chi connectivity index (χ0) is 18.8. The largest absolute Gasteiger partial charge is 0.465 e. The summed E-state index contributed by atoms with van der Waals surface area (Å²) >= 11 is 6.03. The average molecular weight is 370 g/mol. The Kier molecular flexibility index (Phi) is 5.90. The van der Waals surface area contributed by atoms with Crippen molar-refractivity contribution in [3.05, 3.63) is 22.8 Å². The highest BCUT2D eigenvalue weighted by atomic mass is 35.5. The van der Waals surface area contributed by atoms with Gasteiger partial charge in [-0.25, -0.2) is 14.6 Å². The number of ether oxygens (including phenoxy) is 1. The highest BCUT2D eigenvalue weighted by molar-refractivity contribution is 6.29. The molecule has 1 aromatic heterocycles. The van der Waals surface area contributed by atoms with Crippen molar-refractivity contribution in [3.8, 4) is 0 Å². The molecule has 8 heteroatoms. The Morgan fingerprint density at radius 2 is 1.96 bits per heavy atom. The molecule has 7 nitrogen and oxygen atoms in total. The van der Waals surface area contributed by atoms with Crippen LogP contribution in [0.1, 0.15) is 38.1 Å². The highest BCUT2D eigenvalue weighted by Crippen LogP contribution is 2.23. The summed E-state index contributed by atoms with van der Waals surface area (Å²) in [4.78, 5) is 35.6. The number of anilines is 1. The second kappa shape index (κ2) is 7.58. The Bertz CT molecular complexity index is 660. The molecule has 1 fully saturated rings. The summed E-state index contributed by atoms with van der Waals surface area (Å²) in [6.07, 6.45) is 0. The van der Waals surface area contributed by atoms with Gasteiger partial charge in [-0.1, -0.05) is 11.6 Å². The van der Waals surface area contributed by atoms with E-state index in [9.17, 15) is 9.59 Å². The van der Waals surface area contributed by atoms with Crippen LogP contribution in [-0.4, -0.2) is 54.8 Å². The molecule has 25 heavy (non-hydrogen) atoms. The lowest BCUT2D eigenvalue weighted by atomic mass is 9.98. The van der Waals surface area contributed by atoms with E-state index in [0.717, 1.165) is 0 Å². The third-order valence-corrected chi connectivity index (χ3v) is 4.10. The number of pyridine rings is 1. The number of carbonyl (C=O) groups is 2. The lowest BCUT2D eigenvalue weighted by Gasteiger charge is -2.39. The van der Waals surface area contributed by atoms with Gasteiger partial charge >= 0.3 is 11.9 Å². The van der Waals surface area contributed by atoms with Gasteiger partial charge in [0.2, 0.25) is 0 Å². The molecule has 1 aliphatic rings. The second-order valence-electron chi connectivity index (χ2n) is 7.09. The van der Waals surface area contributed by atoms with Crippen molar-refractivity contribution >= 4 is 29.4 Å². The van der Waals surface area contributed by atoms with Crippen molar-refractivity contribution in [2.24, 2.45) is 5.41 Å². The molecule has 1 aliphatic heterocycles. The van der Waals surface area contributed by atoms with Crippen LogP contribution in [0.3, 0.4) is 0 Å². The van der Waals surface area contributed by atoms with E-state index in [4.69, 9.17) is 21.2 Å².